The fourth-order valence-corrected chi connectivity index (χ4v) is 2.49. The Kier molecular flexibility index (Phi) is 4.74. The number of hydrogen-bond donors (Lipinski definition) is 0. The van der Waals surface area contributed by atoms with Crippen LogP contribution in [-0.2, 0) is 0 Å². The van der Waals surface area contributed by atoms with Gasteiger partial charge in [0, 0.05) is 11.6 Å². The Labute approximate surface area is 145 Å². The summed E-state index contributed by atoms with van der Waals surface area (Å²) in [4.78, 5) is 0. The van der Waals surface area contributed by atoms with Gasteiger partial charge in [-0.15, -0.1) is 5.10 Å². The van der Waals surface area contributed by atoms with Crippen molar-refractivity contribution in [3.8, 4) is 39.9 Å². The van der Waals surface area contributed by atoms with E-state index in [0.29, 0.717) is 23.0 Å². The number of methoxy groups -OCH3 is 4. The van der Waals surface area contributed by atoms with Crippen molar-refractivity contribution < 1.29 is 18.9 Å². The number of benzene rings is 2. The van der Waals surface area contributed by atoms with Crippen LogP contribution in [0.4, 0.5) is 0 Å². The lowest BCUT2D eigenvalue weighted by Crippen LogP contribution is -1.97. The average Bonchev–Trinajstić information content (AvgIpc) is 3.17. The number of nitrogens with zero attached hydrogens (tertiary/aromatic N) is 3. The van der Waals surface area contributed by atoms with E-state index in [-0.39, 0.29) is 0 Å². The SMILES string of the molecule is COc1ccc(-c2cn(-c3ccc(OC)c(OC)c3)nn2)cc1OC. The van der Waals surface area contributed by atoms with Crippen LogP contribution < -0.4 is 18.9 Å². The first kappa shape index (κ1) is 16.6. The first-order chi connectivity index (χ1) is 12.2. The lowest BCUT2D eigenvalue weighted by molar-refractivity contribution is 0.354. The van der Waals surface area contributed by atoms with Gasteiger partial charge >= 0.3 is 0 Å². The van der Waals surface area contributed by atoms with E-state index in [1.54, 1.807) is 33.1 Å². The van der Waals surface area contributed by atoms with E-state index in [4.69, 9.17) is 18.9 Å². The molecule has 3 aromatic rings. The molecule has 0 bridgehead atoms. The largest absolute Gasteiger partial charge is 0.493 e. The molecule has 0 atom stereocenters. The highest BCUT2D eigenvalue weighted by atomic mass is 16.5. The van der Waals surface area contributed by atoms with Crippen LogP contribution in [0.1, 0.15) is 0 Å². The van der Waals surface area contributed by atoms with E-state index >= 15 is 0 Å². The van der Waals surface area contributed by atoms with Crippen LogP contribution in [0.25, 0.3) is 16.9 Å². The van der Waals surface area contributed by atoms with Gasteiger partial charge in [-0.3, -0.25) is 0 Å². The van der Waals surface area contributed by atoms with Gasteiger partial charge in [0.25, 0.3) is 0 Å². The van der Waals surface area contributed by atoms with Crippen LogP contribution in [0.2, 0.25) is 0 Å². The summed E-state index contributed by atoms with van der Waals surface area (Å²) in [5.74, 6) is 2.59. The zero-order valence-corrected chi connectivity index (χ0v) is 14.5. The molecule has 0 saturated carbocycles. The van der Waals surface area contributed by atoms with E-state index in [0.717, 1.165) is 16.9 Å². The molecule has 3 rings (SSSR count). The predicted octanol–water partition coefficient (Wildman–Crippen LogP) is 2.97. The molecule has 1 aromatic heterocycles. The van der Waals surface area contributed by atoms with Crippen LogP contribution in [-0.4, -0.2) is 43.4 Å². The van der Waals surface area contributed by atoms with Crippen molar-refractivity contribution in [2.75, 3.05) is 28.4 Å². The molecule has 0 saturated heterocycles. The zero-order chi connectivity index (χ0) is 17.8. The topological polar surface area (TPSA) is 67.6 Å². The van der Waals surface area contributed by atoms with Gasteiger partial charge in [-0.2, -0.15) is 0 Å². The summed E-state index contributed by atoms with van der Waals surface area (Å²) in [6, 6.07) is 11.2. The highest BCUT2D eigenvalue weighted by molar-refractivity contribution is 5.63. The standard InChI is InChI=1S/C18H19N3O4/c1-22-15-7-5-12(9-17(15)24-3)14-11-21(20-19-14)13-6-8-16(23-2)18(10-13)25-4/h5-11H,1-4H3. The van der Waals surface area contributed by atoms with E-state index in [2.05, 4.69) is 10.3 Å². The Balaban J connectivity index is 1.95. The molecule has 7 heteroatoms. The minimum absolute atomic E-state index is 0.628. The fourth-order valence-electron chi connectivity index (χ4n) is 2.49. The summed E-state index contributed by atoms with van der Waals surface area (Å²) in [6.45, 7) is 0. The second-order valence-corrected chi connectivity index (χ2v) is 5.16. The third-order valence-electron chi connectivity index (χ3n) is 3.80. The summed E-state index contributed by atoms with van der Waals surface area (Å²) in [5.41, 5.74) is 2.41. The maximum atomic E-state index is 5.34. The Bertz CT molecular complexity index is 807. The van der Waals surface area contributed by atoms with Crippen molar-refractivity contribution in [3.05, 3.63) is 42.6 Å². The number of hydrogen-bond acceptors (Lipinski definition) is 6. The lowest BCUT2D eigenvalue weighted by atomic mass is 10.1. The highest BCUT2D eigenvalue weighted by Crippen LogP contribution is 2.32. The molecule has 0 amide bonds. The smallest absolute Gasteiger partial charge is 0.162 e. The van der Waals surface area contributed by atoms with E-state index in [1.165, 1.54) is 0 Å². The average molecular weight is 341 g/mol. The van der Waals surface area contributed by atoms with Gasteiger partial charge < -0.3 is 18.9 Å². The minimum Gasteiger partial charge on any atom is -0.493 e. The first-order valence-corrected chi connectivity index (χ1v) is 7.57. The van der Waals surface area contributed by atoms with E-state index in [1.807, 2.05) is 42.6 Å². The molecule has 1 heterocycles. The molecular weight excluding hydrogens is 322 g/mol. The minimum atomic E-state index is 0.628. The number of ether oxygens (including phenoxy) is 4. The molecule has 0 N–H and O–H groups in total. The third kappa shape index (κ3) is 3.21. The molecule has 0 unspecified atom stereocenters. The highest BCUT2D eigenvalue weighted by Gasteiger charge is 2.11. The van der Waals surface area contributed by atoms with Crippen molar-refractivity contribution in [2.24, 2.45) is 0 Å². The monoisotopic (exact) mass is 341 g/mol. The third-order valence-corrected chi connectivity index (χ3v) is 3.80. The maximum absolute atomic E-state index is 5.34. The van der Waals surface area contributed by atoms with Crippen LogP contribution >= 0.6 is 0 Å². The molecule has 2 aromatic carbocycles. The molecule has 0 aliphatic rings. The van der Waals surface area contributed by atoms with Gasteiger partial charge in [-0.25, -0.2) is 4.68 Å². The first-order valence-electron chi connectivity index (χ1n) is 7.57. The predicted molar refractivity (Wildman–Crippen MR) is 93.0 cm³/mol. The molecule has 0 aliphatic heterocycles. The Hall–Kier alpha value is -3.22. The summed E-state index contributed by atoms with van der Waals surface area (Å²) in [5, 5.41) is 8.43. The number of aromatic nitrogens is 3. The molecule has 130 valence electrons. The lowest BCUT2D eigenvalue weighted by Gasteiger charge is -2.09. The van der Waals surface area contributed by atoms with Gasteiger partial charge in [0.15, 0.2) is 23.0 Å². The van der Waals surface area contributed by atoms with Crippen molar-refractivity contribution in [3.63, 3.8) is 0 Å². The van der Waals surface area contributed by atoms with Crippen LogP contribution in [0.15, 0.2) is 42.6 Å². The Morgan fingerprint density at radius 1 is 0.720 bits per heavy atom. The number of rotatable bonds is 6. The molecule has 0 spiro atoms. The summed E-state index contributed by atoms with van der Waals surface area (Å²) < 4.78 is 22.8. The van der Waals surface area contributed by atoms with E-state index in [9.17, 15) is 0 Å². The molecule has 0 fully saturated rings. The normalized spacial score (nSPS) is 10.4. The van der Waals surface area contributed by atoms with Gasteiger partial charge in [-0.05, 0) is 30.3 Å². The van der Waals surface area contributed by atoms with Gasteiger partial charge in [0.2, 0.25) is 0 Å². The summed E-state index contributed by atoms with van der Waals surface area (Å²) in [6.07, 6.45) is 1.84. The van der Waals surface area contributed by atoms with Gasteiger partial charge in [0.05, 0.1) is 40.3 Å². The van der Waals surface area contributed by atoms with Crippen molar-refractivity contribution in [1.82, 2.24) is 15.0 Å². The van der Waals surface area contributed by atoms with Crippen LogP contribution in [0.3, 0.4) is 0 Å². The van der Waals surface area contributed by atoms with Crippen molar-refractivity contribution >= 4 is 0 Å². The molecular formula is C18H19N3O4. The molecule has 7 nitrogen and oxygen atoms in total. The van der Waals surface area contributed by atoms with Gasteiger partial charge in [-0.1, -0.05) is 5.21 Å². The Morgan fingerprint density at radius 2 is 1.32 bits per heavy atom. The summed E-state index contributed by atoms with van der Waals surface area (Å²) in [7, 11) is 6.40. The Morgan fingerprint density at radius 3 is 1.96 bits per heavy atom. The molecule has 0 radical (unpaired) electrons. The second-order valence-electron chi connectivity index (χ2n) is 5.16. The van der Waals surface area contributed by atoms with Gasteiger partial charge in [0.1, 0.15) is 5.69 Å². The van der Waals surface area contributed by atoms with Crippen LogP contribution in [0.5, 0.6) is 23.0 Å². The molecule has 25 heavy (non-hydrogen) atoms. The second kappa shape index (κ2) is 7.12. The quantitative estimate of drug-likeness (QED) is 0.687. The zero-order valence-electron chi connectivity index (χ0n) is 14.5. The van der Waals surface area contributed by atoms with Crippen LogP contribution in [0, 0.1) is 0 Å². The molecule has 0 aliphatic carbocycles. The van der Waals surface area contributed by atoms with E-state index < -0.39 is 0 Å². The van der Waals surface area contributed by atoms with Crippen molar-refractivity contribution in [2.45, 2.75) is 0 Å². The fraction of sp³-hybridized carbons (Fsp3) is 0.222. The maximum Gasteiger partial charge on any atom is 0.162 e. The summed E-state index contributed by atoms with van der Waals surface area (Å²) >= 11 is 0. The van der Waals surface area contributed by atoms with Crippen molar-refractivity contribution in [1.29, 1.82) is 0 Å².